The summed E-state index contributed by atoms with van der Waals surface area (Å²) >= 11 is 0. The van der Waals surface area contributed by atoms with E-state index >= 15 is 0 Å². The summed E-state index contributed by atoms with van der Waals surface area (Å²) in [6.45, 7) is 2.88. The van der Waals surface area contributed by atoms with Crippen LogP contribution in [-0.2, 0) is 16.0 Å². The van der Waals surface area contributed by atoms with Gasteiger partial charge < -0.3 is 4.90 Å². The number of ketones is 1. The van der Waals surface area contributed by atoms with Gasteiger partial charge in [0, 0.05) is 25.4 Å². The lowest BCUT2D eigenvalue weighted by Gasteiger charge is -2.15. The normalized spacial score (nSPS) is 19.7. The lowest BCUT2D eigenvalue weighted by Crippen LogP contribution is -2.28. The van der Waals surface area contributed by atoms with E-state index in [2.05, 4.69) is 12.1 Å². The largest absolute Gasteiger partial charge is 0.342 e. The van der Waals surface area contributed by atoms with Crippen LogP contribution in [0.1, 0.15) is 18.9 Å². The fraction of sp³-hybridized carbons (Fsp3) is 0.429. The molecule has 0 aliphatic carbocycles. The van der Waals surface area contributed by atoms with Gasteiger partial charge in [-0.05, 0) is 18.9 Å². The zero-order valence-electron chi connectivity index (χ0n) is 10.1. The minimum absolute atomic E-state index is 0.0849. The number of nitrogens with zero attached hydrogens (tertiary/aromatic N) is 1. The van der Waals surface area contributed by atoms with Crippen LogP contribution in [0.15, 0.2) is 30.3 Å². The highest BCUT2D eigenvalue weighted by Gasteiger charge is 2.31. The smallest absolute Gasteiger partial charge is 0.223 e. The molecule has 0 aromatic heterocycles. The Hall–Kier alpha value is -1.64. The van der Waals surface area contributed by atoms with Crippen LogP contribution in [0.3, 0.4) is 0 Å². The van der Waals surface area contributed by atoms with E-state index in [-0.39, 0.29) is 17.6 Å². The maximum absolute atomic E-state index is 11.7. The number of hydrogen-bond donors (Lipinski definition) is 0. The monoisotopic (exact) mass is 231 g/mol. The van der Waals surface area contributed by atoms with Gasteiger partial charge in [0.05, 0.1) is 0 Å². The minimum Gasteiger partial charge on any atom is -0.342 e. The summed E-state index contributed by atoms with van der Waals surface area (Å²) in [5, 5.41) is 0. The number of rotatable bonds is 4. The zero-order valence-corrected chi connectivity index (χ0v) is 10.1. The highest BCUT2D eigenvalue weighted by molar-refractivity contribution is 5.89. The van der Waals surface area contributed by atoms with E-state index in [0.29, 0.717) is 19.5 Å². The Morgan fingerprint density at radius 1 is 1.35 bits per heavy atom. The standard InChI is InChI=1S/C14H17NO2/c1-11(16)13-9-14(17)15(10-13)8-7-12-5-3-2-4-6-12/h2-6,13H,7-10H2,1H3/t13-/m1/s1. The number of carbonyl (C=O) groups is 2. The van der Waals surface area contributed by atoms with Crippen molar-refractivity contribution < 1.29 is 9.59 Å². The number of hydrogen-bond acceptors (Lipinski definition) is 2. The topological polar surface area (TPSA) is 37.4 Å². The summed E-state index contributed by atoms with van der Waals surface area (Å²) in [6, 6.07) is 10.1. The van der Waals surface area contributed by atoms with Gasteiger partial charge in [0.1, 0.15) is 5.78 Å². The average Bonchev–Trinajstić information content (AvgIpc) is 2.70. The van der Waals surface area contributed by atoms with Crippen molar-refractivity contribution in [1.29, 1.82) is 0 Å². The Labute approximate surface area is 101 Å². The first-order valence-corrected chi connectivity index (χ1v) is 5.99. The Balaban J connectivity index is 1.88. The van der Waals surface area contributed by atoms with Gasteiger partial charge in [-0.15, -0.1) is 0 Å². The molecule has 1 amide bonds. The fourth-order valence-corrected chi connectivity index (χ4v) is 2.17. The third kappa shape index (κ3) is 2.93. The number of likely N-dealkylation sites (tertiary alicyclic amines) is 1. The van der Waals surface area contributed by atoms with Crippen molar-refractivity contribution in [2.45, 2.75) is 19.8 Å². The number of Topliss-reactive ketones (excluding diaryl/α,β-unsaturated/α-hetero) is 1. The van der Waals surface area contributed by atoms with Crippen LogP contribution in [0, 0.1) is 5.92 Å². The van der Waals surface area contributed by atoms with Crippen molar-refractivity contribution in [3.05, 3.63) is 35.9 Å². The molecule has 0 radical (unpaired) electrons. The van der Waals surface area contributed by atoms with Crippen molar-refractivity contribution in [3.8, 4) is 0 Å². The molecule has 3 nitrogen and oxygen atoms in total. The van der Waals surface area contributed by atoms with Gasteiger partial charge in [-0.3, -0.25) is 9.59 Å². The molecular formula is C14H17NO2. The summed E-state index contributed by atoms with van der Waals surface area (Å²) < 4.78 is 0. The van der Waals surface area contributed by atoms with Gasteiger partial charge in [0.15, 0.2) is 0 Å². The summed E-state index contributed by atoms with van der Waals surface area (Å²) in [7, 11) is 0. The van der Waals surface area contributed by atoms with Crippen molar-refractivity contribution in [3.63, 3.8) is 0 Å². The third-order valence-corrected chi connectivity index (χ3v) is 3.30. The lowest BCUT2D eigenvalue weighted by atomic mass is 10.1. The van der Waals surface area contributed by atoms with Crippen molar-refractivity contribution in [2.24, 2.45) is 5.92 Å². The second-order valence-corrected chi connectivity index (χ2v) is 4.59. The molecule has 0 N–H and O–H groups in total. The molecule has 1 aromatic carbocycles. The molecular weight excluding hydrogens is 214 g/mol. The summed E-state index contributed by atoms with van der Waals surface area (Å²) in [4.78, 5) is 24.7. The highest BCUT2D eigenvalue weighted by atomic mass is 16.2. The summed E-state index contributed by atoms with van der Waals surface area (Å²) in [5.41, 5.74) is 1.23. The fourth-order valence-electron chi connectivity index (χ4n) is 2.17. The third-order valence-electron chi connectivity index (χ3n) is 3.30. The lowest BCUT2D eigenvalue weighted by molar-refractivity contribution is -0.128. The second kappa shape index (κ2) is 5.13. The quantitative estimate of drug-likeness (QED) is 0.790. The second-order valence-electron chi connectivity index (χ2n) is 4.59. The molecule has 1 heterocycles. The van der Waals surface area contributed by atoms with E-state index in [9.17, 15) is 9.59 Å². The predicted molar refractivity (Wildman–Crippen MR) is 65.5 cm³/mol. The first kappa shape index (κ1) is 11.8. The van der Waals surface area contributed by atoms with E-state index in [1.807, 2.05) is 18.2 Å². The van der Waals surface area contributed by atoms with Crippen LogP contribution >= 0.6 is 0 Å². The maximum atomic E-state index is 11.7. The molecule has 1 saturated heterocycles. The number of amides is 1. The molecule has 0 unspecified atom stereocenters. The SMILES string of the molecule is CC(=O)[C@@H]1CC(=O)N(CCc2ccccc2)C1. The van der Waals surface area contributed by atoms with Crippen molar-refractivity contribution in [2.75, 3.05) is 13.1 Å². The van der Waals surface area contributed by atoms with E-state index in [1.165, 1.54) is 5.56 Å². The molecule has 1 atom stereocenters. The molecule has 1 aliphatic rings. The van der Waals surface area contributed by atoms with Crippen molar-refractivity contribution in [1.82, 2.24) is 4.90 Å². The molecule has 17 heavy (non-hydrogen) atoms. The van der Waals surface area contributed by atoms with Crippen LogP contribution in [0.25, 0.3) is 0 Å². The van der Waals surface area contributed by atoms with Crippen LogP contribution in [-0.4, -0.2) is 29.7 Å². The molecule has 0 bridgehead atoms. The van der Waals surface area contributed by atoms with Crippen LogP contribution in [0.5, 0.6) is 0 Å². The molecule has 1 fully saturated rings. The van der Waals surface area contributed by atoms with Gasteiger partial charge in [-0.25, -0.2) is 0 Å². The van der Waals surface area contributed by atoms with E-state index in [1.54, 1.807) is 11.8 Å². The molecule has 1 aliphatic heterocycles. The summed E-state index contributed by atoms with van der Waals surface area (Å²) in [5.74, 6) is 0.153. The van der Waals surface area contributed by atoms with Crippen LogP contribution in [0.2, 0.25) is 0 Å². The van der Waals surface area contributed by atoms with Gasteiger partial charge in [-0.1, -0.05) is 30.3 Å². The highest BCUT2D eigenvalue weighted by Crippen LogP contribution is 2.18. The van der Waals surface area contributed by atoms with Crippen LogP contribution < -0.4 is 0 Å². The zero-order chi connectivity index (χ0) is 12.3. The first-order chi connectivity index (χ1) is 8.16. The average molecular weight is 231 g/mol. The van der Waals surface area contributed by atoms with Gasteiger partial charge in [-0.2, -0.15) is 0 Å². The maximum Gasteiger partial charge on any atom is 0.223 e. The van der Waals surface area contributed by atoms with Gasteiger partial charge >= 0.3 is 0 Å². The van der Waals surface area contributed by atoms with E-state index in [4.69, 9.17) is 0 Å². The molecule has 3 heteroatoms. The summed E-state index contributed by atoms with van der Waals surface area (Å²) in [6.07, 6.45) is 1.25. The molecule has 0 saturated carbocycles. The van der Waals surface area contributed by atoms with Crippen molar-refractivity contribution >= 4 is 11.7 Å². The number of benzene rings is 1. The predicted octanol–water partition coefficient (Wildman–Crippen LogP) is 1.67. The molecule has 2 rings (SSSR count). The Bertz CT molecular complexity index is 413. The van der Waals surface area contributed by atoms with Gasteiger partial charge in [0.2, 0.25) is 5.91 Å². The number of carbonyl (C=O) groups excluding carboxylic acids is 2. The first-order valence-electron chi connectivity index (χ1n) is 5.99. The van der Waals surface area contributed by atoms with Crippen LogP contribution in [0.4, 0.5) is 0 Å². The Morgan fingerprint density at radius 2 is 2.06 bits per heavy atom. The van der Waals surface area contributed by atoms with E-state index < -0.39 is 0 Å². The minimum atomic E-state index is -0.0849. The van der Waals surface area contributed by atoms with E-state index in [0.717, 1.165) is 6.42 Å². The molecule has 0 spiro atoms. The Kier molecular flexibility index (Phi) is 3.57. The van der Waals surface area contributed by atoms with Gasteiger partial charge in [0.25, 0.3) is 0 Å². The Morgan fingerprint density at radius 3 is 2.65 bits per heavy atom. The molecule has 1 aromatic rings. The molecule has 90 valence electrons.